The largest absolute Gasteiger partial charge is 0.448 e. The number of para-hydroxylation sites is 1. The van der Waals surface area contributed by atoms with Crippen LogP contribution < -0.4 is 5.32 Å². The zero-order chi connectivity index (χ0) is 13.8. The van der Waals surface area contributed by atoms with Crippen molar-refractivity contribution < 1.29 is 14.3 Å². The highest BCUT2D eigenvalue weighted by atomic mass is 16.6. The molecule has 19 heavy (non-hydrogen) atoms. The molecule has 2 amide bonds. The van der Waals surface area contributed by atoms with Crippen LogP contribution in [0.3, 0.4) is 0 Å². The van der Waals surface area contributed by atoms with Crippen LogP contribution in [0.1, 0.15) is 17.5 Å². The van der Waals surface area contributed by atoms with E-state index in [0.29, 0.717) is 19.7 Å². The van der Waals surface area contributed by atoms with Crippen molar-refractivity contribution in [3.8, 4) is 0 Å². The van der Waals surface area contributed by atoms with Crippen LogP contribution in [0.5, 0.6) is 0 Å². The molecular formula is C14H18N2O3. The highest BCUT2D eigenvalue weighted by Crippen LogP contribution is 2.19. The molecule has 0 aliphatic carbocycles. The van der Waals surface area contributed by atoms with Crippen LogP contribution >= 0.6 is 0 Å². The molecule has 1 aliphatic rings. The Bertz CT molecular complexity index is 479. The summed E-state index contributed by atoms with van der Waals surface area (Å²) in [4.78, 5) is 24.7. The number of nitrogens with zero attached hydrogens (tertiary/aromatic N) is 1. The van der Waals surface area contributed by atoms with Crippen LogP contribution in [-0.4, -0.2) is 36.6 Å². The Kier molecular flexibility index (Phi) is 4.04. The van der Waals surface area contributed by atoms with E-state index in [1.54, 1.807) is 4.90 Å². The van der Waals surface area contributed by atoms with E-state index >= 15 is 0 Å². The molecule has 0 bridgehead atoms. The second-order valence-corrected chi connectivity index (χ2v) is 4.67. The molecule has 1 heterocycles. The summed E-state index contributed by atoms with van der Waals surface area (Å²) in [7, 11) is 0. The molecule has 5 nitrogen and oxygen atoms in total. The number of amides is 2. The van der Waals surface area contributed by atoms with Crippen LogP contribution in [0.15, 0.2) is 18.2 Å². The van der Waals surface area contributed by atoms with E-state index in [0.717, 1.165) is 16.8 Å². The second kappa shape index (κ2) is 5.73. The molecule has 1 saturated heterocycles. The second-order valence-electron chi connectivity index (χ2n) is 4.67. The fourth-order valence-corrected chi connectivity index (χ4v) is 2.08. The molecule has 0 radical (unpaired) electrons. The Morgan fingerprint density at radius 2 is 2.05 bits per heavy atom. The summed E-state index contributed by atoms with van der Waals surface area (Å²) in [6.07, 6.45) is -0.0528. The smallest absolute Gasteiger partial charge is 0.409 e. The van der Waals surface area contributed by atoms with Gasteiger partial charge in [-0.05, 0) is 25.0 Å². The van der Waals surface area contributed by atoms with Gasteiger partial charge in [0.05, 0.1) is 6.54 Å². The van der Waals surface area contributed by atoms with Crippen LogP contribution in [0.2, 0.25) is 0 Å². The van der Waals surface area contributed by atoms with Gasteiger partial charge in [-0.1, -0.05) is 18.2 Å². The first-order valence-corrected chi connectivity index (χ1v) is 6.35. The summed E-state index contributed by atoms with van der Waals surface area (Å²) in [5.41, 5.74) is 2.93. The number of aryl methyl sites for hydroxylation is 2. The Hall–Kier alpha value is -2.04. The van der Waals surface area contributed by atoms with Gasteiger partial charge < -0.3 is 15.0 Å². The quantitative estimate of drug-likeness (QED) is 0.903. The number of benzene rings is 1. The summed E-state index contributed by atoms with van der Waals surface area (Å²) in [5.74, 6) is -0.0860. The molecule has 2 rings (SSSR count). The number of carbonyl (C=O) groups excluding carboxylic acids is 2. The molecule has 0 unspecified atom stereocenters. The topological polar surface area (TPSA) is 58.6 Å². The molecule has 0 spiro atoms. The first-order valence-electron chi connectivity index (χ1n) is 6.35. The molecule has 1 aromatic rings. The predicted molar refractivity (Wildman–Crippen MR) is 72.1 cm³/mol. The first kappa shape index (κ1) is 13.4. The van der Waals surface area contributed by atoms with Gasteiger partial charge in [0.15, 0.2) is 0 Å². The third-order valence-electron chi connectivity index (χ3n) is 3.20. The Balaban J connectivity index is 1.89. The number of hydrogen-bond acceptors (Lipinski definition) is 3. The van der Waals surface area contributed by atoms with Gasteiger partial charge in [-0.25, -0.2) is 4.79 Å². The maximum Gasteiger partial charge on any atom is 0.409 e. The van der Waals surface area contributed by atoms with Crippen molar-refractivity contribution in [3.05, 3.63) is 29.3 Å². The third-order valence-corrected chi connectivity index (χ3v) is 3.20. The molecular weight excluding hydrogens is 244 g/mol. The molecule has 0 aromatic heterocycles. The molecule has 0 saturated carbocycles. The number of ether oxygens (including phenoxy) is 1. The van der Waals surface area contributed by atoms with Gasteiger partial charge in [0.25, 0.3) is 0 Å². The van der Waals surface area contributed by atoms with Crippen molar-refractivity contribution in [2.75, 3.05) is 25.0 Å². The summed E-state index contributed by atoms with van der Waals surface area (Å²) in [6, 6.07) is 5.88. The Labute approximate surface area is 112 Å². The van der Waals surface area contributed by atoms with E-state index in [1.165, 1.54) is 0 Å². The maximum absolute atomic E-state index is 11.9. The van der Waals surface area contributed by atoms with Gasteiger partial charge in [0.1, 0.15) is 6.61 Å². The molecule has 1 aromatic carbocycles. The zero-order valence-electron chi connectivity index (χ0n) is 11.2. The van der Waals surface area contributed by atoms with Crippen molar-refractivity contribution in [3.63, 3.8) is 0 Å². The highest BCUT2D eigenvalue weighted by Gasteiger charge is 2.22. The lowest BCUT2D eigenvalue weighted by Gasteiger charge is -2.14. The van der Waals surface area contributed by atoms with Crippen molar-refractivity contribution >= 4 is 17.7 Å². The van der Waals surface area contributed by atoms with Gasteiger partial charge in [0, 0.05) is 18.7 Å². The number of hydrogen-bond donors (Lipinski definition) is 1. The molecule has 102 valence electrons. The predicted octanol–water partition coefficient (Wildman–Crippen LogP) is 2.08. The lowest BCUT2D eigenvalue weighted by atomic mass is 10.1. The first-order chi connectivity index (χ1) is 9.08. The molecule has 1 aliphatic heterocycles. The van der Waals surface area contributed by atoms with E-state index in [1.807, 2.05) is 32.0 Å². The van der Waals surface area contributed by atoms with Crippen molar-refractivity contribution in [1.29, 1.82) is 0 Å². The van der Waals surface area contributed by atoms with E-state index in [-0.39, 0.29) is 18.4 Å². The number of rotatable bonds is 4. The fraction of sp³-hybridized carbons (Fsp3) is 0.429. The lowest BCUT2D eigenvalue weighted by Crippen LogP contribution is -2.28. The normalized spacial score (nSPS) is 14.4. The lowest BCUT2D eigenvalue weighted by molar-refractivity contribution is -0.116. The molecule has 5 heteroatoms. The van der Waals surface area contributed by atoms with Crippen molar-refractivity contribution in [1.82, 2.24) is 4.90 Å². The summed E-state index contributed by atoms with van der Waals surface area (Å²) >= 11 is 0. The Morgan fingerprint density at radius 1 is 1.37 bits per heavy atom. The SMILES string of the molecule is Cc1cccc(C)c1NC(=O)CCN1CCOC1=O. The van der Waals surface area contributed by atoms with Crippen LogP contribution in [0.4, 0.5) is 10.5 Å². The minimum absolute atomic E-state index is 0.0860. The molecule has 1 fully saturated rings. The molecule has 0 atom stereocenters. The summed E-state index contributed by atoms with van der Waals surface area (Å²) in [5, 5.41) is 2.90. The van der Waals surface area contributed by atoms with Gasteiger partial charge in [-0.2, -0.15) is 0 Å². The van der Waals surface area contributed by atoms with E-state index in [9.17, 15) is 9.59 Å². The van der Waals surface area contributed by atoms with Crippen LogP contribution in [-0.2, 0) is 9.53 Å². The summed E-state index contributed by atoms with van der Waals surface area (Å²) in [6.45, 7) is 5.29. The third kappa shape index (κ3) is 3.24. The maximum atomic E-state index is 11.9. The average Bonchev–Trinajstić information content (AvgIpc) is 2.77. The number of nitrogens with one attached hydrogen (secondary N) is 1. The number of carbonyl (C=O) groups is 2. The average molecular weight is 262 g/mol. The monoisotopic (exact) mass is 262 g/mol. The number of anilines is 1. The van der Waals surface area contributed by atoms with E-state index in [4.69, 9.17) is 4.74 Å². The van der Waals surface area contributed by atoms with Crippen LogP contribution in [0.25, 0.3) is 0 Å². The fourth-order valence-electron chi connectivity index (χ4n) is 2.08. The Morgan fingerprint density at radius 3 is 2.63 bits per heavy atom. The molecule has 1 N–H and O–H groups in total. The van der Waals surface area contributed by atoms with Gasteiger partial charge in [-0.15, -0.1) is 0 Å². The van der Waals surface area contributed by atoms with Gasteiger partial charge in [-0.3, -0.25) is 4.79 Å². The zero-order valence-corrected chi connectivity index (χ0v) is 11.2. The van der Waals surface area contributed by atoms with E-state index < -0.39 is 0 Å². The van der Waals surface area contributed by atoms with Crippen LogP contribution in [0, 0.1) is 13.8 Å². The summed E-state index contributed by atoms with van der Waals surface area (Å²) < 4.78 is 4.81. The van der Waals surface area contributed by atoms with Gasteiger partial charge in [0.2, 0.25) is 5.91 Å². The minimum atomic E-state index is -0.333. The van der Waals surface area contributed by atoms with Gasteiger partial charge >= 0.3 is 6.09 Å². The number of cyclic esters (lactones) is 1. The van der Waals surface area contributed by atoms with E-state index in [2.05, 4.69) is 5.32 Å². The highest BCUT2D eigenvalue weighted by molar-refractivity contribution is 5.92. The minimum Gasteiger partial charge on any atom is -0.448 e. The van der Waals surface area contributed by atoms with Crippen molar-refractivity contribution in [2.45, 2.75) is 20.3 Å². The standard InChI is InChI=1S/C14H18N2O3/c1-10-4-3-5-11(2)13(10)15-12(17)6-7-16-8-9-19-14(16)18/h3-5H,6-9H2,1-2H3,(H,15,17). The van der Waals surface area contributed by atoms with Crippen molar-refractivity contribution in [2.24, 2.45) is 0 Å².